The third-order valence-electron chi connectivity index (χ3n) is 3.13. The monoisotopic (exact) mass is 261 g/mol. The van der Waals surface area contributed by atoms with Crippen molar-refractivity contribution in [3.8, 4) is 22.6 Å². The van der Waals surface area contributed by atoms with E-state index in [-0.39, 0.29) is 0 Å². The lowest BCUT2D eigenvalue weighted by Gasteiger charge is -2.16. The summed E-state index contributed by atoms with van der Waals surface area (Å²) in [6.07, 6.45) is 1.69. The standard InChI is InChI=1S/C14H19N3O2/c1-8(2)9-5-10(11-7-16-17-14(11)15)13(19-4)12(6-9)18-3/h5-8H,1-4H3,(H3,15,16,17). The van der Waals surface area contributed by atoms with Crippen LogP contribution in [0.25, 0.3) is 11.1 Å². The fraction of sp³-hybridized carbons (Fsp3) is 0.357. The van der Waals surface area contributed by atoms with Crippen molar-refractivity contribution >= 4 is 5.82 Å². The number of ether oxygens (including phenoxy) is 2. The van der Waals surface area contributed by atoms with Crippen LogP contribution in [0.15, 0.2) is 18.3 Å². The molecular formula is C14H19N3O2. The molecule has 0 atom stereocenters. The second-order valence-electron chi connectivity index (χ2n) is 4.66. The molecule has 2 rings (SSSR count). The maximum absolute atomic E-state index is 5.90. The van der Waals surface area contributed by atoms with Gasteiger partial charge in [-0.05, 0) is 23.6 Å². The van der Waals surface area contributed by atoms with Gasteiger partial charge in [-0.3, -0.25) is 5.10 Å². The molecule has 0 aliphatic heterocycles. The zero-order chi connectivity index (χ0) is 14.0. The molecule has 5 nitrogen and oxygen atoms in total. The number of nitrogens with one attached hydrogen (secondary N) is 1. The summed E-state index contributed by atoms with van der Waals surface area (Å²) in [5, 5.41) is 6.69. The van der Waals surface area contributed by atoms with E-state index in [0.717, 1.165) is 16.7 Å². The van der Waals surface area contributed by atoms with Crippen LogP contribution >= 0.6 is 0 Å². The lowest BCUT2D eigenvalue weighted by molar-refractivity contribution is 0.355. The number of H-pyrrole nitrogens is 1. The molecule has 5 heteroatoms. The smallest absolute Gasteiger partial charge is 0.168 e. The minimum atomic E-state index is 0.381. The predicted molar refractivity (Wildman–Crippen MR) is 75.6 cm³/mol. The molecule has 0 bridgehead atoms. The fourth-order valence-electron chi connectivity index (χ4n) is 2.03. The molecule has 2 aromatic rings. The largest absolute Gasteiger partial charge is 0.493 e. The number of hydrogen-bond acceptors (Lipinski definition) is 4. The Bertz CT molecular complexity index is 576. The molecule has 19 heavy (non-hydrogen) atoms. The molecular weight excluding hydrogens is 242 g/mol. The van der Waals surface area contributed by atoms with Crippen molar-refractivity contribution in [3.63, 3.8) is 0 Å². The average Bonchev–Trinajstić information content (AvgIpc) is 2.82. The molecule has 1 heterocycles. The number of aromatic amines is 1. The van der Waals surface area contributed by atoms with Gasteiger partial charge in [0, 0.05) is 11.1 Å². The number of benzene rings is 1. The van der Waals surface area contributed by atoms with E-state index in [1.165, 1.54) is 0 Å². The summed E-state index contributed by atoms with van der Waals surface area (Å²) < 4.78 is 10.9. The van der Waals surface area contributed by atoms with Crippen LogP contribution in [-0.4, -0.2) is 24.4 Å². The molecule has 102 valence electrons. The van der Waals surface area contributed by atoms with Gasteiger partial charge in [-0.1, -0.05) is 13.8 Å². The van der Waals surface area contributed by atoms with Gasteiger partial charge in [0.05, 0.1) is 20.4 Å². The van der Waals surface area contributed by atoms with Crippen molar-refractivity contribution in [1.82, 2.24) is 10.2 Å². The van der Waals surface area contributed by atoms with Gasteiger partial charge in [-0.2, -0.15) is 5.10 Å². The number of nitrogens with zero attached hydrogens (tertiary/aromatic N) is 1. The van der Waals surface area contributed by atoms with E-state index < -0.39 is 0 Å². The first-order valence-electron chi connectivity index (χ1n) is 6.13. The number of aromatic nitrogens is 2. The topological polar surface area (TPSA) is 73.2 Å². The number of anilines is 1. The Morgan fingerprint density at radius 2 is 1.89 bits per heavy atom. The van der Waals surface area contributed by atoms with E-state index in [2.05, 4.69) is 30.1 Å². The zero-order valence-electron chi connectivity index (χ0n) is 11.7. The van der Waals surface area contributed by atoms with Gasteiger partial charge in [0.2, 0.25) is 0 Å². The number of rotatable bonds is 4. The van der Waals surface area contributed by atoms with Crippen LogP contribution in [0.2, 0.25) is 0 Å². The second kappa shape index (κ2) is 5.22. The Kier molecular flexibility index (Phi) is 3.64. The average molecular weight is 261 g/mol. The van der Waals surface area contributed by atoms with Gasteiger partial charge in [0.15, 0.2) is 11.5 Å². The zero-order valence-corrected chi connectivity index (χ0v) is 11.7. The van der Waals surface area contributed by atoms with E-state index in [1.807, 2.05) is 6.07 Å². The van der Waals surface area contributed by atoms with Crippen molar-refractivity contribution in [2.24, 2.45) is 0 Å². The number of hydrogen-bond donors (Lipinski definition) is 2. The normalized spacial score (nSPS) is 10.8. The Balaban J connectivity index is 2.70. The molecule has 0 fully saturated rings. The summed E-state index contributed by atoms with van der Waals surface area (Å²) in [5.74, 6) is 2.26. The number of nitrogen functional groups attached to an aromatic ring is 1. The summed E-state index contributed by atoms with van der Waals surface area (Å²) in [6, 6.07) is 4.05. The Hall–Kier alpha value is -2.17. The summed E-state index contributed by atoms with van der Waals surface area (Å²) in [6.45, 7) is 4.26. The van der Waals surface area contributed by atoms with Gasteiger partial charge in [0.25, 0.3) is 0 Å². The first kappa shape index (κ1) is 13.3. The highest BCUT2D eigenvalue weighted by atomic mass is 16.5. The van der Waals surface area contributed by atoms with Crippen LogP contribution in [0, 0.1) is 0 Å². The second-order valence-corrected chi connectivity index (χ2v) is 4.66. The van der Waals surface area contributed by atoms with Gasteiger partial charge >= 0.3 is 0 Å². The summed E-state index contributed by atoms with van der Waals surface area (Å²) in [5.41, 5.74) is 8.76. The van der Waals surface area contributed by atoms with Crippen LogP contribution in [0.5, 0.6) is 11.5 Å². The molecule has 0 radical (unpaired) electrons. The minimum Gasteiger partial charge on any atom is -0.493 e. The Morgan fingerprint density at radius 3 is 2.37 bits per heavy atom. The number of nitrogens with two attached hydrogens (primary N) is 1. The third kappa shape index (κ3) is 2.36. The molecule has 1 aromatic carbocycles. The van der Waals surface area contributed by atoms with E-state index >= 15 is 0 Å². The Labute approximate surface area is 112 Å². The van der Waals surface area contributed by atoms with Gasteiger partial charge in [-0.25, -0.2) is 0 Å². The highest BCUT2D eigenvalue weighted by Gasteiger charge is 2.18. The lowest BCUT2D eigenvalue weighted by atomic mass is 9.97. The van der Waals surface area contributed by atoms with Crippen LogP contribution in [-0.2, 0) is 0 Å². The third-order valence-corrected chi connectivity index (χ3v) is 3.13. The van der Waals surface area contributed by atoms with Crippen molar-refractivity contribution in [2.45, 2.75) is 19.8 Å². The molecule has 0 spiro atoms. The maximum Gasteiger partial charge on any atom is 0.168 e. The van der Waals surface area contributed by atoms with Crippen molar-refractivity contribution < 1.29 is 9.47 Å². The molecule has 3 N–H and O–H groups in total. The maximum atomic E-state index is 5.90. The van der Waals surface area contributed by atoms with Gasteiger partial charge in [-0.15, -0.1) is 0 Å². The van der Waals surface area contributed by atoms with E-state index in [9.17, 15) is 0 Å². The summed E-state index contributed by atoms with van der Waals surface area (Å²) in [7, 11) is 3.25. The van der Waals surface area contributed by atoms with Crippen molar-refractivity contribution in [1.29, 1.82) is 0 Å². The molecule has 0 saturated carbocycles. The van der Waals surface area contributed by atoms with Crippen LogP contribution < -0.4 is 15.2 Å². The van der Waals surface area contributed by atoms with E-state index in [1.54, 1.807) is 20.4 Å². The Morgan fingerprint density at radius 1 is 1.16 bits per heavy atom. The molecule has 0 aliphatic rings. The van der Waals surface area contributed by atoms with Crippen LogP contribution in [0.4, 0.5) is 5.82 Å². The summed E-state index contributed by atoms with van der Waals surface area (Å²) in [4.78, 5) is 0. The first-order chi connectivity index (χ1) is 9.08. The molecule has 0 aliphatic carbocycles. The minimum absolute atomic E-state index is 0.381. The molecule has 0 amide bonds. The molecule has 0 saturated heterocycles. The first-order valence-corrected chi connectivity index (χ1v) is 6.13. The van der Waals surface area contributed by atoms with Crippen LogP contribution in [0.1, 0.15) is 25.3 Å². The van der Waals surface area contributed by atoms with E-state index in [0.29, 0.717) is 23.2 Å². The SMILES string of the molecule is COc1cc(C(C)C)cc(-c2cn[nH]c2N)c1OC. The summed E-state index contributed by atoms with van der Waals surface area (Å²) >= 11 is 0. The highest BCUT2D eigenvalue weighted by molar-refractivity contribution is 5.81. The van der Waals surface area contributed by atoms with Crippen LogP contribution in [0.3, 0.4) is 0 Å². The van der Waals surface area contributed by atoms with E-state index in [4.69, 9.17) is 15.2 Å². The van der Waals surface area contributed by atoms with Crippen molar-refractivity contribution in [2.75, 3.05) is 20.0 Å². The lowest BCUT2D eigenvalue weighted by Crippen LogP contribution is -1.98. The predicted octanol–water partition coefficient (Wildman–Crippen LogP) is 2.80. The highest BCUT2D eigenvalue weighted by Crippen LogP contribution is 2.42. The van der Waals surface area contributed by atoms with Gasteiger partial charge < -0.3 is 15.2 Å². The quantitative estimate of drug-likeness (QED) is 0.887. The fourth-order valence-corrected chi connectivity index (χ4v) is 2.03. The van der Waals surface area contributed by atoms with Crippen molar-refractivity contribution in [3.05, 3.63) is 23.9 Å². The number of methoxy groups -OCH3 is 2. The van der Waals surface area contributed by atoms with Gasteiger partial charge in [0.1, 0.15) is 5.82 Å². The molecule has 0 unspecified atom stereocenters. The molecule has 1 aromatic heterocycles.